The molecule has 1 heterocycles. The van der Waals surface area contributed by atoms with E-state index in [-0.39, 0.29) is 17.5 Å². The first kappa shape index (κ1) is 16.3. The summed E-state index contributed by atoms with van der Waals surface area (Å²) in [4.78, 5) is 2.17. The molecule has 1 aromatic rings. The summed E-state index contributed by atoms with van der Waals surface area (Å²) in [6, 6.07) is 8.03. The van der Waals surface area contributed by atoms with E-state index in [4.69, 9.17) is 10.5 Å². The molecular weight excluding hydrogens is 288 g/mol. The van der Waals surface area contributed by atoms with E-state index in [1.54, 1.807) is 0 Å². The molecule has 0 radical (unpaired) electrons. The van der Waals surface area contributed by atoms with Crippen molar-refractivity contribution < 1.29 is 13.2 Å². The van der Waals surface area contributed by atoms with Gasteiger partial charge >= 0.3 is 0 Å². The van der Waals surface area contributed by atoms with Crippen molar-refractivity contribution >= 4 is 9.84 Å². The van der Waals surface area contributed by atoms with E-state index in [9.17, 15) is 8.42 Å². The topological polar surface area (TPSA) is 72.6 Å². The highest BCUT2D eigenvalue weighted by atomic mass is 32.2. The van der Waals surface area contributed by atoms with E-state index < -0.39 is 9.84 Å². The van der Waals surface area contributed by atoms with Crippen molar-refractivity contribution in [1.29, 1.82) is 0 Å². The molecule has 1 fully saturated rings. The van der Waals surface area contributed by atoms with Crippen LogP contribution in [-0.4, -0.2) is 57.1 Å². The molecule has 2 rings (SSSR count). The molecule has 1 unspecified atom stereocenters. The van der Waals surface area contributed by atoms with Crippen LogP contribution in [0.3, 0.4) is 0 Å². The van der Waals surface area contributed by atoms with Gasteiger partial charge in [-0.25, -0.2) is 8.42 Å². The van der Waals surface area contributed by atoms with Gasteiger partial charge in [0.05, 0.1) is 11.5 Å². The van der Waals surface area contributed by atoms with Gasteiger partial charge in [-0.15, -0.1) is 0 Å². The molecule has 2 N–H and O–H groups in total. The second-order valence-corrected chi connectivity index (χ2v) is 7.76. The van der Waals surface area contributed by atoms with Crippen molar-refractivity contribution in [3.8, 4) is 5.75 Å². The summed E-state index contributed by atoms with van der Waals surface area (Å²) in [6.45, 7) is 4.53. The number of nitrogens with zero attached hydrogens (tertiary/aromatic N) is 1. The molecule has 0 aromatic heterocycles. The van der Waals surface area contributed by atoms with Gasteiger partial charge in [-0.3, -0.25) is 4.90 Å². The van der Waals surface area contributed by atoms with Crippen LogP contribution in [-0.2, 0) is 16.3 Å². The van der Waals surface area contributed by atoms with Crippen molar-refractivity contribution in [2.75, 3.05) is 37.7 Å². The Balaban J connectivity index is 1.76. The lowest BCUT2D eigenvalue weighted by Gasteiger charge is -2.32. The van der Waals surface area contributed by atoms with Crippen molar-refractivity contribution in [3.63, 3.8) is 0 Å². The Kier molecular flexibility index (Phi) is 5.61. The fourth-order valence-electron chi connectivity index (χ4n) is 2.56. The zero-order valence-corrected chi connectivity index (χ0v) is 13.3. The largest absolute Gasteiger partial charge is 0.492 e. The Labute approximate surface area is 127 Å². The van der Waals surface area contributed by atoms with Crippen molar-refractivity contribution in [3.05, 3.63) is 29.8 Å². The van der Waals surface area contributed by atoms with Crippen LogP contribution in [0.25, 0.3) is 0 Å². The highest BCUT2D eigenvalue weighted by molar-refractivity contribution is 7.91. The Morgan fingerprint density at radius 3 is 2.67 bits per heavy atom. The van der Waals surface area contributed by atoms with Crippen LogP contribution in [0.15, 0.2) is 24.3 Å². The molecule has 1 aliphatic heterocycles. The molecular formula is C15H24N2O3S. The van der Waals surface area contributed by atoms with Crippen LogP contribution >= 0.6 is 0 Å². The van der Waals surface area contributed by atoms with Crippen LogP contribution in [0.2, 0.25) is 0 Å². The van der Waals surface area contributed by atoms with Crippen LogP contribution < -0.4 is 10.5 Å². The lowest BCUT2D eigenvalue weighted by molar-refractivity contribution is 0.179. The lowest BCUT2D eigenvalue weighted by atomic mass is 10.1. The third-order valence-electron chi connectivity index (χ3n) is 3.81. The maximum atomic E-state index is 11.5. The van der Waals surface area contributed by atoms with Gasteiger partial charge < -0.3 is 10.5 Å². The fraction of sp³-hybridized carbons (Fsp3) is 0.600. The molecule has 5 nitrogen and oxygen atoms in total. The molecule has 118 valence electrons. The number of ether oxygens (including phenoxy) is 1. The van der Waals surface area contributed by atoms with E-state index in [2.05, 4.69) is 4.90 Å². The summed E-state index contributed by atoms with van der Waals surface area (Å²) in [6.07, 6.45) is 0.875. The number of rotatable bonds is 6. The molecule has 1 atom stereocenters. The number of sulfone groups is 1. The smallest absolute Gasteiger partial charge is 0.153 e. The van der Waals surface area contributed by atoms with Gasteiger partial charge in [0, 0.05) is 19.1 Å². The zero-order chi connectivity index (χ0) is 15.3. The first-order valence-electron chi connectivity index (χ1n) is 7.36. The minimum absolute atomic E-state index is 0.0688. The summed E-state index contributed by atoms with van der Waals surface area (Å²) in [5.41, 5.74) is 6.72. The van der Waals surface area contributed by atoms with Crippen molar-refractivity contribution in [2.45, 2.75) is 19.4 Å². The maximum Gasteiger partial charge on any atom is 0.153 e. The molecule has 1 aromatic carbocycles. The molecule has 0 saturated carbocycles. The molecule has 0 aliphatic carbocycles. The summed E-state index contributed by atoms with van der Waals surface area (Å²) in [5, 5.41) is 0. The Morgan fingerprint density at radius 2 is 2.05 bits per heavy atom. The molecule has 0 spiro atoms. The SMILES string of the molecule is CC1CS(=O)(=O)CCN1CCOc1ccc(CCN)cc1. The highest BCUT2D eigenvalue weighted by Crippen LogP contribution is 2.14. The maximum absolute atomic E-state index is 11.5. The molecule has 0 amide bonds. The van der Waals surface area contributed by atoms with Crippen LogP contribution in [0, 0.1) is 0 Å². The van der Waals surface area contributed by atoms with Crippen molar-refractivity contribution in [2.24, 2.45) is 5.73 Å². The summed E-state index contributed by atoms with van der Waals surface area (Å²) >= 11 is 0. The van der Waals surface area contributed by atoms with Crippen LogP contribution in [0.4, 0.5) is 0 Å². The average Bonchev–Trinajstić information content (AvgIpc) is 2.43. The molecule has 21 heavy (non-hydrogen) atoms. The molecule has 6 heteroatoms. The number of hydrogen-bond acceptors (Lipinski definition) is 5. The third-order valence-corrected chi connectivity index (χ3v) is 5.61. The van der Waals surface area contributed by atoms with Crippen LogP contribution in [0.5, 0.6) is 5.75 Å². The second kappa shape index (κ2) is 7.24. The second-order valence-electron chi connectivity index (χ2n) is 5.53. The predicted octanol–water partition coefficient (Wildman–Crippen LogP) is 0.686. The monoisotopic (exact) mass is 312 g/mol. The van der Waals surface area contributed by atoms with Crippen molar-refractivity contribution in [1.82, 2.24) is 4.90 Å². The van der Waals surface area contributed by atoms with Gasteiger partial charge in [-0.1, -0.05) is 12.1 Å². The Bertz CT molecular complexity index is 543. The van der Waals surface area contributed by atoms with Gasteiger partial charge in [-0.05, 0) is 37.6 Å². The van der Waals surface area contributed by atoms with E-state index in [0.717, 1.165) is 18.7 Å². The first-order chi connectivity index (χ1) is 10.00. The van der Waals surface area contributed by atoms with E-state index >= 15 is 0 Å². The predicted molar refractivity (Wildman–Crippen MR) is 84.4 cm³/mol. The lowest BCUT2D eigenvalue weighted by Crippen LogP contribution is -2.48. The standard InChI is InChI=1S/C15H24N2O3S/c1-13-12-21(18,19)11-9-17(13)8-10-20-15-4-2-14(3-5-15)6-7-16/h2-5,13H,6-12,16H2,1H3. The summed E-state index contributed by atoms with van der Waals surface area (Å²) in [5.74, 6) is 1.35. The minimum Gasteiger partial charge on any atom is -0.492 e. The zero-order valence-electron chi connectivity index (χ0n) is 12.5. The number of hydrogen-bond donors (Lipinski definition) is 1. The van der Waals surface area contributed by atoms with E-state index in [0.29, 0.717) is 19.7 Å². The van der Waals surface area contributed by atoms with Gasteiger partial charge in [-0.2, -0.15) is 0 Å². The third kappa shape index (κ3) is 4.98. The van der Waals surface area contributed by atoms with E-state index in [1.807, 2.05) is 31.2 Å². The van der Waals surface area contributed by atoms with E-state index in [1.165, 1.54) is 5.56 Å². The van der Waals surface area contributed by atoms with Gasteiger partial charge in [0.1, 0.15) is 12.4 Å². The summed E-state index contributed by atoms with van der Waals surface area (Å²) < 4.78 is 28.8. The van der Waals surface area contributed by atoms with Gasteiger partial charge in [0.15, 0.2) is 9.84 Å². The highest BCUT2D eigenvalue weighted by Gasteiger charge is 2.27. The Morgan fingerprint density at radius 1 is 1.33 bits per heavy atom. The average molecular weight is 312 g/mol. The molecule has 1 aliphatic rings. The van der Waals surface area contributed by atoms with Gasteiger partial charge in [0.2, 0.25) is 0 Å². The minimum atomic E-state index is -2.85. The first-order valence-corrected chi connectivity index (χ1v) is 9.18. The Hall–Kier alpha value is -1.11. The van der Waals surface area contributed by atoms with Gasteiger partial charge in [0.25, 0.3) is 0 Å². The summed E-state index contributed by atoms with van der Waals surface area (Å²) in [7, 11) is -2.85. The fourth-order valence-corrected chi connectivity index (χ4v) is 4.19. The normalized spacial score (nSPS) is 22.1. The van der Waals surface area contributed by atoms with Crippen LogP contribution in [0.1, 0.15) is 12.5 Å². The number of nitrogens with two attached hydrogens (primary N) is 1. The number of benzene rings is 1. The molecule has 1 saturated heterocycles. The quantitative estimate of drug-likeness (QED) is 0.836. The molecule has 0 bridgehead atoms.